The van der Waals surface area contributed by atoms with Crippen molar-refractivity contribution in [2.75, 3.05) is 45.3 Å². The Kier molecular flexibility index (Phi) is 5.06. The van der Waals surface area contributed by atoms with E-state index >= 15 is 0 Å². The number of hydrogen-bond acceptors (Lipinski definition) is 5. The van der Waals surface area contributed by atoms with Crippen LogP contribution in [-0.2, 0) is 4.74 Å². The lowest BCUT2D eigenvalue weighted by molar-refractivity contribution is 0.200. The molecule has 1 heterocycles. The number of hydrogen-bond donors (Lipinski definition) is 1. The maximum absolute atomic E-state index is 4.99. The summed E-state index contributed by atoms with van der Waals surface area (Å²) in [5.74, 6) is 0.923. The van der Waals surface area contributed by atoms with Crippen LogP contribution in [0.2, 0.25) is 0 Å². The Hall–Kier alpha value is -1.72. The van der Waals surface area contributed by atoms with Crippen molar-refractivity contribution >= 4 is 16.6 Å². The lowest BCUT2D eigenvalue weighted by atomic mass is 10.2. The molecule has 0 saturated carbocycles. The fraction of sp³-hybridized carbons (Fsp3) is 0.429. The Morgan fingerprint density at radius 1 is 1.26 bits per heavy atom. The van der Waals surface area contributed by atoms with Crippen LogP contribution in [0.4, 0.5) is 5.82 Å². The zero-order valence-corrected chi connectivity index (χ0v) is 11.5. The molecule has 0 spiro atoms. The van der Waals surface area contributed by atoms with E-state index in [0.29, 0.717) is 0 Å². The third-order valence-corrected chi connectivity index (χ3v) is 3.02. The van der Waals surface area contributed by atoms with Crippen LogP contribution >= 0.6 is 0 Å². The first-order valence-corrected chi connectivity index (χ1v) is 6.44. The van der Waals surface area contributed by atoms with Crippen LogP contribution in [0, 0.1) is 0 Å². The minimum absolute atomic E-state index is 0.734. The molecule has 1 N–H and O–H groups in total. The van der Waals surface area contributed by atoms with Gasteiger partial charge < -0.3 is 15.0 Å². The summed E-state index contributed by atoms with van der Waals surface area (Å²) in [4.78, 5) is 2.12. The van der Waals surface area contributed by atoms with Gasteiger partial charge >= 0.3 is 0 Å². The van der Waals surface area contributed by atoms with E-state index < -0.39 is 0 Å². The third-order valence-electron chi connectivity index (χ3n) is 3.02. The number of ether oxygens (including phenoxy) is 1. The average Bonchev–Trinajstić information content (AvgIpc) is 2.46. The number of rotatable bonds is 7. The smallest absolute Gasteiger partial charge is 0.158 e. The number of methoxy groups -OCH3 is 1. The molecular weight excluding hydrogens is 240 g/mol. The minimum Gasteiger partial charge on any atom is -0.383 e. The van der Waals surface area contributed by atoms with E-state index in [1.807, 2.05) is 19.2 Å². The van der Waals surface area contributed by atoms with Crippen molar-refractivity contribution in [1.82, 2.24) is 15.5 Å². The predicted molar refractivity (Wildman–Crippen MR) is 77.6 cm³/mol. The second-order valence-electron chi connectivity index (χ2n) is 4.42. The van der Waals surface area contributed by atoms with E-state index in [2.05, 4.69) is 32.5 Å². The predicted octanol–water partition coefficient (Wildman–Crippen LogP) is 1.30. The molecular formula is C14H20N4O. The second kappa shape index (κ2) is 7.01. The van der Waals surface area contributed by atoms with Crippen LogP contribution in [0.15, 0.2) is 30.5 Å². The molecule has 0 radical (unpaired) electrons. The number of benzene rings is 1. The molecule has 1 aromatic carbocycles. The van der Waals surface area contributed by atoms with Gasteiger partial charge in [-0.25, -0.2) is 0 Å². The van der Waals surface area contributed by atoms with Gasteiger partial charge in [0.1, 0.15) is 0 Å². The molecule has 0 saturated heterocycles. The summed E-state index contributed by atoms with van der Waals surface area (Å²) in [5, 5.41) is 13.9. The maximum Gasteiger partial charge on any atom is 0.158 e. The molecule has 102 valence electrons. The largest absolute Gasteiger partial charge is 0.383 e. The van der Waals surface area contributed by atoms with Gasteiger partial charge in [-0.3, -0.25) is 0 Å². The molecule has 2 rings (SSSR count). The Bertz CT molecular complexity index is 512. The number of likely N-dealkylation sites (N-methyl/N-ethyl adjacent to an activating group) is 1. The lowest BCUT2D eigenvalue weighted by Gasteiger charge is -2.19. The summed E-state index contributed by atoms with van der Waals surface area (Å²) in [6.07, 6.45) is 1.80. The van der Waals surface area contributed by atoms with Crippen molar-refractivity contribution < 1.29 is 4.74 Å². The molecule has 0 bridgehead atoms. The van der Waals surface area contributed by atoms with E-state index in [0.717, 1.165) is 42.8 Å². The normalized spacial score (nSPS) is 10.8. The number of anilines is 1. The molecule has 1 aromatic heterocycles. The molecule has 0 aliphatic carbocycles. The Balaban J connectivity index is 1.99. The number of nitrogens with one attached hydrogen (secondary N) is 1. The fourth-order valence-electron chi connectivity index (χ4n) is 1.95. The zero-order chi connectivity index (χ0) is 13.5. The molecule has 0 aliphatic heterocycles. The summed E-state index contributed by atoms with van der Waals surface area (Å²) in [6, 6.07) is 8.17. The monoisotopic (exact) mass is 260 g/mol. The third kappa shape index (κ3) is 3.62. The van der Waals surface area contributed by atoms with Gasteiger partial charge in [0.15, 0.2) is 5.82 Å². The van der Waals surface area contributed by atoms with Crippen LogP contribution in [-0.4, -0.2) is 50.6 Å². The molecule has 0 fully saturated rings. The first-order valence-electron chi connectivity index (χ1n) is 6.44. The summed E-state index contributed by atoms with van der Waals surface area (Å²) in [6.45, 7) is 3.38. The fourth-order valence-corrected chi connectivity index (χ4v) is 1.95. The Morgan fingerprint density at radius 2 is 2.11 bits per heavy atom. The maximum atomic E-state index is 4.99. The minimum atomic E-state index is 0.734. The Morgan fingerprint density at radius 3 is 2.95 bits per heavy atom. The van der Waals surface area contributed by atoms with E-state index in [1.165, 1.54) is 0 Å². The van der Waals surface area contributed by atoms with E-state index in [9.17, 15) is 0 Å². The highest BCUT2D eigenvalue weighted by atomic mass is 16.5. The van der Waals surface area contributed by atoms with Crippen molar-refractivity contribution in [3.63, 3.8) is 0 Å². The average molecular weight is 260 g/mol. The van der Waals surface area contributed by atoms with Crippen molar-refractivity contribution in [2.24, 2.45) is 0 Å². The van der Waals surface area contributed by atoms with Gasteiger partial charge in [-0.2, -0.15) is 5.10 Å². The van der Waals surface area contributed by atoms with Crippen molar-refractivity contribution in [1.29, 1.82) is 0 Å². The van der Waals surface area contributed by atoms with Gasteiger partial charge in [0.25, 0.3) is 0 Å². The van der Waals surface area contributed by atoms with Crippen LogP contribution in [0.25, 0.3) is 10.8 Å². The van der Waals surface area contributed by atoms with Crippen LogP contribution < -0.4 is 10.2 Å². The quantitative estimate of drug-likeness (QED) is 0.761. The Labute approximate surface area is 113 Å². The number of fused-ring (bicyclic) bond motifs is 1. The highest BCUT2D eigenvalue weighted by Gasteiger charge is 2.07. The summed E-state index contributed by atoms with van der Waals surface area (Å²) >= 11 is 0. The lowest BCUT2D eigenvalue weighted by Crippen LogP contribution is -2.31. The van der Waals surface area contributed by atoms with Crippen LogP contribution in [0.5, 0.6) is 0 Å². The molecule has 0 unspecified atom stereocenters. The number of aromatic nitrogens is 2. The molecule has 19 heavy (non-hydrogen) atoms. The molecule has 0 amide bonds. The highest BCUT2D eigenvalue weighted by molar-refractivity contribution is 5.91. The van der Waals surface area contributed by atoms with E-state index in [1.54, 1.807) is 13.3 Å². The van der Waals surface area contributed by atoms with Crippen LogP contribution in [0.3, 0.4) is 0 Å². The van der Waals surface area contributed by atoms with Crippen molar-refractivity contribution in [2.45, 2.75) is 0 Å². The molecule has 5 nitrogen and oxygen atoms in total. The standard InChI is InChI=1S/C14H20N4O/c1-18(9-7-15-8-10-19-2)14-13-6-4-3-5-12(13)11-16-17-14/h3-6,11,15H,7-10H2,1-2H3. The van der Waals surface area contributed by atoms with Gasteiger partial charge in [0, 0.05) is 44.6 Å². The molecule has 0 atom stereocenters. The van der Waals surface area contributed by atoms with Gasteiger partial charge in [-0.05, 0) is 0 Å². The zero-order valence-electron chi connectivity index (χ0n) is 11.5. The van der Waals surface area contributed by atoms with Crippen molar-refractivity contribution in [3.8, 4) is 0 Å². The first kappa shape index (κ1) is 13.7. The highest BCUT2D eigenvalue weighted by Crippen LogP contribution is 2.21. The van der Waals surface area contributed by atoms with Gasteiger partial charge in [-0.1, -0.05) is 24.3 Å². The van der Waals surface area contributed by atoms with Gasteiger partial charge in [-0.15, -0.1) is 5.10 Å². The van der Waals surface area contributed by atoms with Gasteiger partial charge in [0.05, 0.1) is 12.8 Å². The van der Waals surface area contributed by atoms with E-state index in [-0.39, 0.29) is 0 Å². The first-order chi connectivity index (χ1) is 9.33. The topological polar surface area (TPSA) is 50.3 Å². The second-order valence-corrected chi connectivity index (χ2v) is 4.42. The molecule has 0 aliphatic rings. The van der Waals surface area contributed by atoms with Gasteiger partial charge in [0.2, 0.25) is 0 Å². The van der Waals surface area contributed by atoms with E-state index in [4.69, 9.17) is 4.74 Å². The van der Waals surface area contributed by atoms with Crippen molar-refractivity contribution in [3.05, 3.63) is 30.5 Å². The number of nitrogens with zero attached hydrogens (tertiary/aromatic N) is 3. The molecule has 2 aromatic rings. The van der Waals surface area contributed by atoms with Crippen LogP contribution in [0.1, 0.15) is 0 Å². The molecule has 5 heteroatoms. The summed E-state index contributed by atoms with van der Waals surface area (Å²) in [5.41, 5.74) is 0. The SMILES string of the molecule is COCCNCCN(C)c1nncc2ccccc12. The summed E-state index contributed by atoms with van der Waals surface area (Å²) in [7, 11) is 3.74. The summed E-state index contributed by atoms with van der Waals surface area (Å²) < 4.78 is 4.99.